The second kappa shape index (κ2) is 113. The van der Waals surface area contributed by atoms with Crippen molar-refractivity contribution in [1.82, 2.24) is 0 Å². The van der Waals surface area contributed by atoms with Gasteiger partial charge in [0.05, 0.1) is 0 Å². The summed E-state index contributed by atoms with van der Waals surface area (Å²) < 4.78 is 8.46. The molecule has 0 aromatic carbocycles. The van der Waals surface area contributed by atoms with E-state index in [0.29, 0.717) is 0 Å². The number of hydrogen-bond acceptors (Lipinski definition) is 1. The number of rotatable bonds is 0. The largest absolute Gasteiger partial charge is 2.00 e. The van der Waals surface area contributed by atoms with Crippen molar-refractivity contribution in [3.05, 3.63) is 13.8 Å². The van der Waals surface area contributed by atoms with Crippen molar-refractivity contribution >= 4 is 8.69 Å². The molecule has 2 nitrogen and oxygen atoms in total. The topological polar surface area (TPSA) is 37.3 Å². The summed E-state index contributed by atoms with van der Waals surface area (Å²) in [6.07, 6.45) is 0. The molecule has 4 heteroatoms. The summed E-state index contributed by atoms with van der Waals surface area (Å²) in [6.45, 7) is 10.0. The summed E-state index contributed by atoms with van der Waals surface area (Å²) in [5.74, 6) is 0. The Bertz CT molecular complexity index is 21.5. The first-order valence-electron chi connectivity index (χ1n) is 1.80. The van der Waals surface area contributed by atoms with Crippen LogP contribution in [0.3, 0.4) is 0 Å². The molecule has 8 heavy (non-hydrogen) atoms. The Balaban J connectivity index is -0.0000000147. The third kappa shape index (κ3) is 377. The van der Waals surface area contributed by atoms with Crippen LogP contribution in [0.15, 0.2) is 0 Å². The normalized spacial score (nSPS) is 4.12. The van der Waals surface area contributed by atoms with Gasteiger partial charge in [0.1, 0.15) is 0 Å². The van der Waals surface area contributed by atoms with E-state index in [-0.39, 0.29) is 21.7 Å². The van der Waals surface area contributed by atoms with Crippen LogP contribution in [0.5, 0.6) is 0 Å². The smallest absolute Gasteiger partial charge is 0.346 e. The molecule has 0 rings (SSSR count). The summed E-state index contributed by atoms with van der Waals surface area (Å²) in [4.78, 5) is 6.99. The molecular weight excluding hydrogens is 159 g/mol. The van der Waals surface area contributed by atoms with Crippen molar-refractivity contribution in [3.8, 4) is 0 Å². The summed E-state index contributed by atoms with van der Waals surface area (Å²) in [5.41, 5.74) is 0. The molecule has 0 atom stereocenters. The molecule has 0 saturated carbocycles. The van der Waals surface area contributed by atoms with E-state index >= 15 is 0 Å². The van der Waals surface area contributed by atoms with E-state index in [1.54, 1.807) is 13.8 Å². The van der Waals surface area contributed by atoms with Crippen molar-refractivity contribution in [2.24, 2.45) is 0 Å². The predicted molar refractivity (Wildman–Crippen MR) is 31.9 cm³/mol. The summed E-state index contributed by atoms with van der Waals surface area (Å²) in [5, 5.41) is 0. The molecule has 0 aromatic rings. The van der Waals surface area contributed by atoms with Crippen molar-refractivity contribution in [1.29, 1.82) is 0 Å². The van der Waals surface area contributed by atoms with Gasteiger partial charge in [-0.1, -0.05) is 0 Å². The Hall–Kier alpha value is 0.774. The third-order valence-electron chi connectivity index (χ3n) is 0. The molecule has 0 amide bonds. The van der Waals surface area contributed by atoms with Gasteiger partial charge in [-0.2, -0.15) is 13.8 Å². The quantitative estimate of drug-likeness (QED) is 0.342. The molecule has 48 valence electrons. The Morgan fingerprint density at radius 1 is 1.25 bits per heavy atom. The van der Waals surface area contributed by atoms with Gasteiger partial charge in [-0.15, -0.1) is 0 Å². The monoisotopic (exact) mass is 170 g/mol. The van der Waals surface area contributed by atoms with Crippen LogP contribution in [0, 0.1) is 13.8 Å². The zero-order valence-corrected chi connectivity index (χ0v) is 7.67. The van der Waals surface area contributed by atoms with Crippen LogP contribution in [0.1, 0.15) is 13.8 Å². The third-order valence-corrected chi connectivity index (χ3v) is 0. The van der Waals surface area contributed by atoms with Crippen LogP contribution < -0.4 is 0 Å². The minimum Gasteiger partial charge on any atom is -0.346 e. The van der Waals surface area contributed by atoms with Gasteiger partial charge < -0.3 is 18.7 Å². The maximum atomic E-state index is 8.46. The van der Waals surface area contributed by atoms with Crippen molar-refractivity contribution in [2.45, 2.75) is 13.8 Å². The molecule has 0 heterocycles. The molecule has 0 radical (unpaired) electrons. The fraction of sp³-hybridized carbons (Fsp3) is 0.500. The van der Waals surface area contributed by atoms with Crippen LogP contribution >= 0.6 is 8.69 Å². The molecule has 0 aliphatic carbocycles. The van der Waals surface area contributed by atoms with Crippen molar-refractivity contribution in [2.75, 3.05) is 0 Å². The van der Waals surface area contributed by atoms with Gasteiger partial charge in [-0.05, 0) is 0 Å². The van der Waals surface area contributed by atoms with Crippen LogP contribution in [0.4, 0.5) is 0 Å². The van der Waals surface area contributed by atoms with Gasteiger partial charge in [0, 0.05) is 0 Å². The minimum atomic E-state index is -0.833. The average molecular weight is 170 g/mol. The minimum absolute atomic E-state index is 0. The molecule has 0 saturated heterocycles. The van der Waals surface area contributed by atoms with Crippen LogP contribution in [-0.4, -0.2) is 4.89 Å². The maximum absolute atomic E-state index is 8.46. The van der Waals surface area contributed by atoms with Gasteiger partial charge in [-0.3, -0.25) is 0 Å². The van der Waals surface area contributed by atoms with E-state index < -0.39 is 8.69 Å². The van der Waals surface area contributed by atoms with Gasteiger partial charge in [0.2, 0.25) is 0 Å². The molecule has 0 fully saturated rings. The summed E-state index contributed by atoms with van der Waals surface area (Å²) in [6, 6.07) is 0. The standard InChI is InChI=1S/2C2H5.HO2P.Ti/c2*1-2;1-3-2;/h2*1H2,2H3;(H,1,2);/q2*-1;;+2. The second-order valence-electron chi connectivity index (χ2n) is 0.0816. The van der Waals surface area contributed by atoms with Crippen LogP contribution in [-0.2, 0) is 26.3 Å². The molecule has 0 bridgehead atoms. The average Bonchev–Trinajstić information content (AvgIpc) is 1.78. The Morgan fingerprint density at radius 2 is 1.25 bits per heavy atom. The zero-order chi connectivity index (χ0) is 6.71. The van der Waals surface area contributed by atoms with Gasteiger partial charge in [-0.25, -0.2) is 4.57 Å². The Labute approximate surface area is 67.9 Å². The zero-order valence-electron chi connectivity index (χ0n) is 5.22. The van der Waals surface area contributed by atoms with E-state index in [2.05, 4.69) is 13.8 Å². The predicted octanol–water partition coefficient (Wildman–Crippen LogP) is 1.86. The first-order chi connectivity index (χ1) is 3.41. The molecule has 0 aliphatic heterocycles. The van der Waals surface area contributed by atoms with Gasteiger partial charge in [0.25, 0.3) is 0 Å². The van der Waals surface area contributed by atoms with E-state index in [4.69, 9.17) is 9.46 Å². The Kier molecular flexibility index (Phi) is 330. The SMILES string of the molecule is O=PO.[CH2-]C.[CH2-]C.[Ti+2]. The van der Waals surface area contributed by atoms with Crippen molar-refractivity contribution < 1.29 is 31.2 Å². The van der Waals surface area contributed by atoms with Crippen molar-refractivity contribution in [3.63, 3.8) is 0 Å². The van der Waals surface area contributed by atoms with E-state index in [0.717, 1.165) is 0 Å². The van der Waals surface area contributed by atoms with Crippen LogP contribution in [0.25, 0.3) is 0 Å². The van der Waals surface area contributed by atoms with Crippen LogP contribution in [0.2, 0.25) is 0 Å². The van der Waals surface area contributed by atoms with Gasteiger partial charge >= 0.3 is 30.4 Å². The molecule has 0 aromatic heterocycles. The molecule has 0 unspecified atom stereocenters. The van der Waals surface area contributed by atoms with E-state index in [1.165, 1.54) is 0 Å². The molecule has 0 aliphatic rings. The first-order valence-corrected chi connectivity index (χ1v) is 2.56. The van der Waals surface area contributed by atoms with Gasteiger partial charge in [0.15, 0.2) is 0 Å². The molecular formula is C4H11O2PTi. The fourth-order valence-electron chi connectivity index (χ4n) is 0. The summed E-state index contributed by atoms with van der Waals surface area (Å²) >= 11 is 0. The maximum Gasteiger partial charge on any atom is 2.00 e. The second-order valence-corrected chi connectivity index (χ2v) is 0.245. The molecule has 1 N–H and O–H groups in total. The number of hydrogen-bond donors (Lipinski definition) is 1. The summed E-state index contributed by atoms with van der Waals surface area (Å²) in [7, 11) is -0.833. The Morgan fingerprint density at radius 3 is 1.25 bits per heavy atom. The van der Waals surface area contributed by atoms with E-state index in [9.17, 15) is 0 Å². The molecule has 0 spiro atoms. The first kappa shape index (κ1) is 23.3. The van der Waals surface area contributed by atoms with E-state index in [1.807, 2.05) is 0 Å². The fourth-order valence-corrected chi connectivity index (χ4v) is 0.